The van der Waals surface area contributed by atoms with Gasteiger partial charge in [-0.2, -0.15) is 0 Å². The van der Waals surface area contributed by atoms with Crippen molar-refractivity contribution in [3.05, 3.63) is 0 Å². The van der Waals surface area contributed by atoms with Crippen LogP contribution in [0.3, 0.4) is 0 Å². The van der Waals surface area contributed by atoms with Gasteiger partial charge in [0.1, 0.15) is 0 Å². The SMILES string of the molecule is CC(C)NC(=O)C(C)(C)C(C)C. The molecule has 12 heavy (non-hydrogen) atoms. The summed E-state index contributed by atoms with van der Waals surface area (Å²) < 4.78 is 0. The quantitative estimate of drug-likeness (QED) is 0.693. The molecule has 0 spiro atoms. The lowest BCUT2D eigenvalue weighted by Gasteiger charge is -2.28. The van der Waals surface area contributed by atoms with Crippen molar-refractivity contribution in [3.8, 4) is 0 Å². The molecule has 0 saturated carbocycles. The molecule has 0 radical (unpaired) electrons. The van der Waals surface area contributed by atoms with Gasteiger partial charge in [0, 0.05) is 11.5 Å². The number of rotatable bonds is 3. The number of carbonyl (C=O) groups excluding carboxylic acids is 1. The van der Waals surface area contributed by atoms with E-state index in [1.807, 2.05) is 27.7 Å². The van der Waals surface area contributed by atoms with Gasteiger partial charge in [0.15, 0.2) is 0 Å². The Hall–Kier alpha value is -0.530. The lowest BCUT2D eigenvalue weighted by atomic mass is 9.80. The molecule has 0 atom stereocenters. The number of amides is 1. The van der Waals surface area contributed by atoms with Gasteiger partial charge in [-0.15, -0.1) is 0 Å². The molecular formula is C10H21NO. The van der Waals surface area contributed by atoms with Gasteiger partial charge in [-0.1, -0.05) is 27.7 Å². The standard InChI is InChI=1S/C10H21NO/c1-7(2)10(5,6)9(12)11-8(3)4/h7-8H,1-6H3,(H,11,12). The third kappa shape index (κ3) is 2.84. The Morgan fingerprint density at radius 1 is 1.17 bits per heavy atom. The van der Waals surface area contributed by atoms with Crippen LogP contribution in [-0.4, -0.2) is 11.9 Å². The molecule has 0 aromatic heterocycles. The van der Waals surface area contributed by atoms with Crippen molar-refractivity contribution < 1.29 is 4.79 Å². The lowest BCUT2D eigenvalue weighted by Crippen LogP contribution is -2.43. The summed E-state index contributed by atoms with van der Waals surface area (Å²) in [6, 6.07) is 0.232. The average molecular weight is 171 g/mol. The highest BCUT2D eigenvalue weighted by atomic mass is 16.2. The normalized spacial score (nSPS) is 12.3. The summed E-state index contributed by atoms with van der Waals surface area (Å²) in [4.78, 5) is 11.6. The zero-order chi connectivity index (χ0) is 9.94. The minimum Gasteiger partial charge on any atom is -0.353 e. The largest absolute Gasteiger partial charge is 0.353 e. The highest BCUT2D eigenvalue weighted by Crippen LogP contribution is 2.25. The summed E-state index contributed by atoms with van der Waals surface area (Å²) in [6.45, 7) is 12.1. The van der Waals surface area contributed by atoms with Crippen molar-refractivity contribution in [1.82, 2.24) is 5.32 Å². The summed E-state index contributed by atoms with van der Waals surface area (Å²) in [5.74, 6) is 0.517. The third-order valence-corrected chi connectivity index (χ3v) is 2.45. The van der Waals surface area contributed by atoms with Crippen molar-refractivity contribution in [2.75, 3.05) is 0 Å². The molecule has 0 unspecified atom stereocenters. The van der Waals surface area contributed by atoms with Gasteiger partial charge in [0.2, 0.25) is 5.91 Å². The molecule has 0 bridgehead atoms. The van der Waals surface area contributed by atoms with Crippen LogP contribution in [0.5, 0.6) is 0 Å². The van der Waals surface area contributed by atoms with Crippen LogP contribution >= 0.6 is 0 Å². The highest BCUT2D eigenvalue weighted by molar-refractivity contribution is 5.82. The highest BCUT2D eigenvalue weighted by Gasteiger charge is 2.31. The molecule has 72 valence electrons. The zero-order valence-corrected chi connectivity index (χ0v) is 9.06. The summed E-state index contributed by atoms with van der Waals surface area (Å²) in [7, 11) is 0. The monoisotopic (exact) mass is 171 g/mol. The minimum atomic E-state index is -0.260. The molecule has 2 nitrogen and oxygen atoms in total. The molecule has 0 heterocycles. The maximum absolute atomic E-state index is 11.6. The van der Waals surface area contributed by atoms with E-state index in [-0.39, 0.29) is 17.4 Å². The topological polar surface area (TPSA) is 29.1 Å². The van der Waals surface area contributed by atoms with Crippen molar-refractivity contribution >= 4 is 5.91 Å². The van der Waals surface area contributed by atoms with Crippen molar-refractivity contribution in [2.45, 2.75) is 47.6 Å². The van der Waals surface area contributed by atoms with Crippen LogP contribution in [0.25, 0.3) is 0 Å². The van der Waals surface area contributed by atoms with Crippen LogP contribution in [0.2, 0.25) is 0 Å². The molecule has 0 aromatic carbocycles. The van der Waals surface area contributed by atoms with E-state index in [1.165, 1.54) is 0 Å². The van der Waals surface area contributed by atoms with Crippen molar-refractivity contribution in [2.24, 2.45) is 11.3 Å². The van der Waals surface area contributed by atoms with Gasteiger partial charge in [0.05, 0.1) is 0 Å². The van der Waals surface area contributed by atoms with Crippen molar-refractivity contribution in [3.63, 3.8) is 0 Å². The second-order valence-corrected chi connectivity index (χ2v) is 4.50. The van der Waals surface area contributed by atoms with Crippen LogP contribution in [0, 0.1) is 11.3 Å². The maximum atomic E-state index is 11.6. The van der Waals surface area contributed by atoms with Gasteiger partial charge < -0.3 is 5.32 Å². The van der Waals surface area contributed by atoms with Crippen LogP contribution in [0.15, 0.2) is 0 Å². The fourth-order valence-corrected chi connectivity index (χ4v) is 0.710. The zero-order valence-electron chi connectivity index (χ0n) is 9.06. The van der Waals surface area contributed by atoms with E-state index in [0.717, 1.165) is 0 Å². The molecule has 0 rings (SSSR count). The Morgan fingerprint density at radius 3 is 1.83 bits per heavy atom. The Labute approximate surface area is 75.7 Å². The van der Waals surface area contributed by atoms with Gasteiger partial charge >= 0.3 is 0 Å². The first kappa shape index (κ1) is 11.5. The predicted molar refractivity (Wildman–Crippen MR) is 51.9 cm³/mol. The van der Waals surface area contributed by atoms with Crippen molar-refractivity contribution in [1.29, 1.82) is 0 Å². The van der Waals surface area contributed by atoms with E-state index in [0.29, 0.717) is 5.92 Å². The third-order valence-electron chi connectivity index (χ3n) is 2.45. The van der Waals surface area contributed by atoms with E-state index in [2.05, 4.69) is 19.2 Å². The molecular weight excluding hydrogens is 150 g/mol. The van der Waals surface area contributed by atoms with Gasteiger partial charge in [0.25, 0.3) is 0 Å². The predicted octanol–water partition coefficient (Wildman–Crippen LogP) is 2.19. The molecule has 0 saturated heterocycles. The van der Waals surface area contributed by atoms with Gasteiger partial charge in [-0.25, -0.2) is 0 Å². The number of hydrogen-bond acceptors (Lipinski definition) is 1. The number of nitrogens with one attached hydrogen (secondary N) is 1. The fraction of sp³-hybridized carbons (Fsp3) is 0.900. The first-order valence-electron chi connectivity index (χ1n) is 4.59. The maximum Gasteiger partial charge on any atom is 0.226 e. The minimum absolute atomic E-state index is 0.146. The Morgan fingerprint density at radius 2 is 1.58 bits per heavy atom. The molecule has 0 aliphatic carbocycles. The molecule has 0 aromatic rings. The number of hydrogen-bond donors (Lipinski definition) is 1. The first-order chi connectivity index (χ1) is 5.28. The summed E-state index contributed by atoms with van der Waals surface area (Å²) in [6.07, 6.45) is 0. The second-order valence-electron chi connectivity index (χ2n) is 4.50. The molecule has 0 aliphatic heterocycles. The summed E-state index contributed by atoms with van der Waals surface area (Å²) >= 11 is 0. The molecule has 2 heteroatoms. The van der Waals surface area contributed by atoms with E-state index >= 15 is 0 Å². The van der Waals surface area contributed by atoms with E-state index in [1.54, 1.807) is 0 Å². The first-order valence-corrected chi connectivity index (χ1v) is 4.59. The summed E-state index contributed by atoms with van der Waals surface area (Å²) in [5.41, 5.74) is -0.260. The average Bonchev–Trinajstić information content (AvgIpc) is 1.85. The van der Waals surface area contributed by atoms with Gasteiger partial charge in [-0.05, 0) is 19.8 Å². The van der Waals surface area contributed by atoms with E-state index < -0.39 is 0 Å². The molecule has 1 N–H and O–H groups in total. The molecule has 0 fully saturated rings. The van der Waals surface area contributed by atoms with Crippen LogP contribution in [-0.2, 0) is 4.79 Å². The van der Waals surface area contributed by atoms with Crippen LogP contribution in [0.4, 0.5) is 0 Å². The van der Waals surface area contributed by atoms with Gasteiger partial charge in [-0.3, -0.25) is 4.79 Å². The smallest absolute Gasteiger partial charge is 0.226 e. The Kier molecular flexibility index (Phi) is 3.75. The van der Waals surface area contributed by atoms with E-state index in [4.69, 9.17) is 0 Å². The molecule has 0 aliphatic rings. The fourth-order valence-electron chi connectivity index (χ4n) is 0.710. The van der Waals surface area contributed by atoms with E-state index in [9.17, 15) is 4.79 Å². The van der Waals surface area contributed by atoms with Crippen LogP contribution < -0.4 is 5.32 Å². The Bertz CT molecular complexity index is 159. The summed E-state index contributed by atoms with van der Waals surface area (Å²) in [5, 5.41) is 2.93. The van der Waals surface area contributed by atoms with Crippen LogP contribution in [0.1, 0.15) is 41.5 Å². The molecule has 1 amide bonds. The Balaban J connectivity index is 4.26. The number of carbonyl (C=O) groups is 1. The lowest BCUT2D eigenvalue weighted by molar-refractivity contribution is -0.132. The second kappa shape index (κ2) is 3.92.